The zero-order valence-corrected chi connectivity index (χ0v) is 11.7. The maximum Gasteiger partial charge on any atom is 0.197 e. The normalized spacial score (nSPS) is 41.7. The van der Waals surface area contributed by atoms with Gasteiger partial charge in [-0.15, -0.1) is 0 Å². The second-order valence-corrected chi connectivity index (χ2v) is 7.90. The van der Waals surface area contributed by atoms with Crippen LogP contribution in [-0.2, 0) is 23.3 Å². The molecule has 0 N–H and O–H groups in total. The van der Waals surface area contributed by atoms with E-state index in [1.165, 1.54) is 0 Å². The zero-order chi connectivity index (χ0) is 12.7. The van der Waals surface area contributed by atoms with Crippen molar-refractivity contribution in [2.45, 2.75) is 30.2 Å². The summed E-state index contributed by atoms with van der Waals surface area (Å²) in [7, 11) is 1.02. The highest BCUT2D eigenvalue weighted by Gasteiger charge is 2.58. The van der Waals surface area contributed by atoms with E-state index >= 15 is 0 Å². The first-order valence-electron chi connectivity index (χ1n) is 5.90. The molecular weight excluding hydrogens is 242 g/mol. The van der Waals surface area contributed by atoms with Crippen LogP contribution in [0.4, 0.5) is 0 Å². The van der Waals surface area contributed by atoms with Crippen LogP contribution in [-0.4, -0.2) is 65.3 Å². The quantitative estimate of drug-likeness (QED) is 0.530. The first kappa shape index (κ1) is 13.6. The van der Waals surface area contributed by atoms with E-state index in [0.717, 1.165) is 0 Å². The highest BCUT2D eigenvalue weighted by atomic mass is 31.2. The molecule has 98 valence electrons. The van der Waals surface area contributed by atoms with Gasteiger partial charge in [-0.3, -0.25) is 4.57 Å². The van der Waals surface area contributed by atoms with Gasteiger partial charge in [0, 0.05) is 26.9 Å². The third-order valence-corrected chi connectivity index (χ3v) is 4.03. The number of hydrogen-bond donors (Lipinski definition) is 0. The minimum absolute atomic E-state index is 0.0517. The molecule has 4 atom stereocenters. The third-order valence-electron chi connectivity index (χ3n) is 3.29. The number of rotatable bonds is 4. The summed E-state index contributed by atoms with van der Waals surface area (Å²) in [5.41, 5.74) is -0.501. The molecule has 0 spiro atoms. The van der Waals surface area contributed by atoms with Gasteiger partial charge in [0.1, 0.15) is 25.7 Å². The van der Waals surface area contributed by atoms with Gasteiger partial charge in [0.2, 0.25) is 0 Å². The topological polar surface area (TPSA) is 54.0 Å². The van der Waals surface area contributed by atoms with Gasteiger partial charge in [0.15, 0.2) is 7.37 Å². The number of ether oxygens (including phenoxy) is 3. The first-order chi connectivity index (χ1) is 7.88. The molecule has 2 aliphatic heterocycles. The molecule has 0 saturated carbocycles. The molecule has 0 aromatic carbocycles. The van der Waals surface area contributed by atoms with Crippen LogP contribution in [0.25, 0.3) is 0 Å². The van der Waals surface area contributed by atoms with E-state index in [9.17, 15) is 4.57 Å². The summed E-state index contributed by atoms with van der Waals surface area (Å²) >= 11 is 0. The van der Waals surface area contributed by atoms with Crippen LogP contribution in [0.3, 0.4) is 0 Å². The van der Waals surface area contributed by atoms with Crippen LogP contribution in [0.15, 0.2) is 0 Å². The molecule has 0 aliphatic carbocycles. The van der Waals surface area contributed by atoms with Crippen LogP contribution in [0.2, 0.25) is 0 Å². The molecule has 0 aromatic heterocycles. The Bertz CT molecular complexity index is 329. The predicted octanol–water partition coefficient (Wildman–Crippen LogP) is 0.0728. The summed E-state index contributed by atoms with van der Waals surface area (Å²) in [5.74, 6) is 0. The highest BCUT2D eigenvalue weighted by molar-refractivity contribution is 7.57. The molecule has 5 nitrogen and oxygen atoms in total. The fourth-order valence-electron chi connectivity index (χ4n) is 2.70. The minimum Gasteiger partial charge on any atom is -0.382 e. The fraction of sp³-hybridized carbons (Fsp3) is 1.00. The van der Waals surface area contributed by atoms with E-state index in [4.69, 9.17) is 18.7 Å². The molecule has 2 heterocycles. The van der Waals surface area contributed by atoms with Crippen LogP contribution in [0.1, 0.15) is 6.42 Å². The van der Waals surface area contributed by atoms with Crippen molar-refractivity contribution >= 4 is 15.2 Å². The summed E-state index contributed by atoms with van der Waals surface area (Å²) in [6.07, 6.45) is 0.269. The van der Waals surface area contributed by atoms with Crippen LogP contribution >= 0.6 is 7.37 Å². The first-order valence-corrected chi connectivity index (χ1v) is 8.42. The van der Waals surface area contributed by atoms with Crippen molar-refractivity contribution in [1.29, 1.82) is 0 Å². The predicted molar refractivity (Wildman–Crippen MR) is 66.7 cm³/mol. The summed E-state index contributed by atoms with van der Waals surface area (Å²) < 4.78 is 34.5. The molecule has 0 radical (unpaired) electrons. The Morgan fingerprint density at radius 1 is 1.53 bits per heavy atom. The molecule has 2 aliphatic rings. The Kier molecular flexibility index (Phi) is 3.73. The molecule has 7 heteroatoms. The maximum atomic E-state index is 11.9. The van der Waals surface area contributed by atoms with Crippen LogP contribution in [0, 0.1) is 0 Å². The van der Waals surface area contributed by atoms with E-state index in [1.807, 2.05) is 7.85 Å². The van der Waals surface area contributed by atoms with Crippen molar-refractivity contribution in [3.63, 3.8) is 0 Å². The van der Waals surface area contributed by atoms with Gasteiger partial charge >= 0.3 is 0 Å². The van der Waals surface area contributed by atoms with Crippen molar-refractivity contribution in [2.75, 3.05) is 33.7 Å². The van der Waals surface area contributed by atoms with Gasteiger partial charge in [-0.1, -0.05) is 0 Å². The Balaban J connectivity index is 2.24. The zero-order valence-electron chi connectivity index (χ0n) is 10.8. The standard InChI is InChI=1S/C10H20BO5P/c1-13-6-10-4-5-14-7(9(11)15-10)8(10)16-17(2,3)12/h7-9H,4-6,11H2,1-3H3/t7-,8?,9+,10-/m0/s1. The van der Waals surface area contributed by atoms with E-state index in [2.05, 4.69) is 0 Å². The lowest BCUT2D eigenvalue weighted by atomic mass is 9.86. The highest BCUT2D eigenvalue weighted by Crippen LogP contribution is 2.49. The van der Waals surface area contributed by atoms with E-state index in [-0.39, 0.29) is 18.2 Å². The monoisotopic (exact) mass is 262 g/mol. The largest absolute Gasteiger partial charge is 0.382 e. The summed E-state index contributed by atoms with van der Waals surface area (Å²) in [6, 6.07) is -0.0517. The van der Waals surface area contributed by atoms with Crippen molar-refractivity contribution in [3.05, 3.63) is 0 Å². The van der Waals surface area contributed by atoms with Gasteiger partial charge < -0.3 is 18.7 Å². The lowest BCUT2D eigenvalue weighted by Gasteiger charge is -2.39. The Morgan fingerprint density at radius 2 is 2.24 bits per heavy atom. The Hall–Kier alpha value is 0.135. The second kappa shape index (κ2) is 4.67. The number of fused-ring (bicyclic) bond motifs is 2. The van der Waals surface area contributed by atoms with Gasteiger partial charge in [-0.05, 0) is 0 Å². The molecular formula is C10H20BO5P. The Morgan fingerprint density at radius 3 is 2.82 bits per heavy atom. The van der Waals surface area contributed by atoms with Crippen LogP contribution in [0.5, 0.6) is 0 Å². The fourth-order valence-corrected chi connectivity index (χ4v) is 3.56. The molecule has 17 heavy (non-hydrogen) atoms. The SMILES string of the molecule is B[C@@H]1O[C@]2(COC)CCO[C@H]1C2OP(C)(C)=O. The summed E-state index contributed by atoms with van der Waals surface area (Å²) in [4.78, 5) is 0. The molecule has 1 unspecified atom stereocenters. The number of methoxy groups -OCH3 is 1. The maximum absolute atomic E-state index is 11.9. The van der Waals surface area contributed by atoms with E-state index < -0.39 is 13.0 Å². The van der Waals surface area contributed by atoms with Gasteiger partial charge in [0.25, 0.3) is 0 Å². The molecule has 2 bridgehead atoms. The molecule has 2 rings (SSSR count). The number of hydrogen-bond acceptors (Lipinski definition) is 5. The average Bonchev–Trinajstić information content (AvgIpc) is 2.35. The van der Waals surface area contributed by atoms with Crippen molar-refractivity contribution < 1.29 is 23.3 Å². The minimum atomic E-state index is -2.58. The second-order valence-electron chi connectivity index (χ2n) is 5.18. The molecule has 0 aromatic rings. The van der Waals surface area contributed by atoms with E-state index in [0.29, 0.717) is 19.6 Å². The molecule has 2 fully saturated rings. The third kappa shape index (κ3) is 2.61. The van der Waals surface area contributed by atoms with E-state index in [1.54, 1.807) is 20.4 Å². The van der Waals surface area contributed by atoms with Crippen molar-refractivity contribution in [1.82, 2.24) is 0 Å². The Labute approximate surface area is 103 Å². The summed E-state index contributed by atoms with van der Waals surface area (Å²) in [6.45, 7) is 4.32. The summed E-state index contributed by atoms with van der Waals surface area (Å²) in [5, 5.41) is 0. The molecule has 2 saturated heterocycles. The van der Waals surface area contributed by atoms with Gasteiger partial charge in [0.05, 0.1) is 19.2 Å². The van der Waals surface area contributed by atoms with Crippen molar-refractivity contribution in [3.8, 4) is 0 Å². The van der Waals surface area contributed by atoms with Gasteiger partial charge in [-0.25, -0.2) is 0 Å². The molecule has 0 amide bonds. The average molecular weight is 262 g/mol. The lowest BCUT2D eigenvalue weighted by Crippen LogP contribution is -2.52. The van der Waals surface area contributed by atoms with Crippen molar-refractivity contribution in [2.24, 2.45) is 0 Å². The lowest BCUT2D eigenvalue weighted by molar-refractivity contribution is -0.133. The smallest absolute Gasteiger partial charge is 0.197 e. The van der Waals surface area contributed by atoms with Gasteiger partial charge in [-0.2, -0.15) is 0 Å². The van der Waals surface area contributed by atoms with Crippen LogP contribution < -0.4 is 0 Å².